The number of anilines is 3. The first-order valence-corrected chi connectivity index (χ1v) is 17.5. The van der Waals surface area contributed by atoms with Crippen molar-refractivity contribution in [3.05, 3.63) is 151 Å². The Morgan fingerprint density at radius 2 is 1.17 bits per heavy atom. The lowest BCUT2D eigenvalue weighted by molar-refractivity contribution is 0.660. The summed E-state index contributed by atoms with van der Waals surface area (Å²) in [6, 6.07) is 51.8. The standard InChI is InChI=1S/C43H29NS2/c1-43(2)34-14-7-6-12-30(34)31-23-22-29(24-35(31)43)44(27-10-4-3-5-11-27)28-20-18-26(19-21-28)33-25-39-42-40-32(33)13-8-15-36(40)45-37-16-9-17-38(46-39)41(37)42/h3-25H,1-2H3. The van der Waals surface area contributed by atoms with Crippen LogP contribution in [0.15, 0.2) is 149 Å². The van der Waals surface area contributed by atoms with Gasteiger partial charge in [0.1, 0.15) is 0 Å². The fraction of sp³-hybridized carbons (Fsp3) is 0.0698. The largest absolute Gasteiger partial charge is 0.310 e. The molecule has 0 spiro atoms. The topological polar surface area (TPSA) is 3.24 Å². The van der Waals surface area contributed by atoms with E-state index < -0.39 is 0 Å². The highest BCUT2D eigenvalue weighted by atomic mass is 32.2. The van der Waals surface area contributed by atoms with Gasteiger partial charge in [0.15, 0.2) is 0 Å². The predicted molar refractivity (Wildman–Crippen MR) is 199 cm³/mol. The van der Waals surface area contributed by atoms with Crippen molar-refractivity contribution in [2.75, 3.05) is 4.90 Å². The second kappa shape index (κ2) is 9.59. The number of hydrogen-bond donors (Lipinski definition) is 0. The molecule has 0 fully saturated rings. The molecule has 1 aliphatic carbocycles. The summed E-state index contributed by atoms with van der Waals surface area (Å²) >= 11 is 3.83. The minimum Gasteiger partial charge on any atom is -0.310 e. The Hall–Kier alpha value is -4.83. The molecule has 2 heterocycles. The Kier molecular flexibility index (Phi) is 5.50. The van der Waals surface area contributed by atoms with Crippen LogP contribution in [0.25, 0.3) is 53.2 Å². The van der Waals surface area contributed by atoms with Crippen LogP contribution in [-0.4, -0.2) is 0 Å². The van der Waals surface area contributed by atoms with E-state index in [4.69, 9.17) is 0 Å². The number of para-hydroxylation sites is 1. The molecule has 46 heavy (non-hydrogen) atoms. The molecule has 1 aliphatic heterocycles. The Bertz CT molecular complexity index is 2520. The molecular formula is C43H29NS2. The molecule has 10 rings (SSSR count). The highest BCUT2D eigenvalue weighted by molar-refractivity contribution is 8.00. The summed E-state index contributed by atoms with van der Waals surface area (Å²) < 4.78 is 2.75. The molecule has 0 saturated heterocycles. The number of benzene rings is 7. The van der Waals surface area contributed by atoms with Gasteiger partial charge in [-0.25, -0.2) is 0 Å². The second-order valence-electron chi connectivity index (χ2n) is 12.9. The Balaban J connectivity index is 1.12. The summed E-state index contributed by atoms with van der Waals surface area (Å²) in [4.78, 5) is 5.13. The predicted octanol–water partition coefficient (Wildman–Crippen LogP) is 13.1. The number of nitrogens with zero attached hydrogens (tertiary/aromatic N) is 1. The molecule has 218 valence electrons. The Morgan fingerprint density at radius 3 is 2.02 bits per heavy atom. The molecular weight excluding hydrogens is 595 g/mol. The third kappa shape index (κ3) is 3.64. The van der Waals surface area contributed by atoms with Crippen LogP contribution in [0.2, 0.25) is 0 Å². The van der Waals surface area contributed by atoms with E-state index in [2.05, 4.69) is 158 Å². The van der Waals surface area contributed by atoms with Crippen molar-refractivity contribution in [1.29, 1.82) is 0 Å². The van der Waals surface area contributed by atoms with Crippen molar-refractivity contribution in [2.45, 2.75) is 29.1 Å². The zero-order valence-corrected chi connectivity index (χ0v) is 27.2. The average Bonchev–Trinajstić information content (AvgIpc) is 3.59. The summed E-state index contributed by atoms with van der Waals surface area (Å²) in [5.41, 5.74) is 11.4. The Labute approximate surface area is 276 Å². The maximum atomic E-state index is 2.43. The average molecular weight is 624 g/mol. The molecule has 2 aliphatic rings. The van der Waals surface area contributed by atoms with Crippen LogP contribution in [0.1, 0.15) is 25.0 Å². The minimum atomic E-state index is -0.0546. The van der Waals surface area contributed by atoms with Crippen LogP contribution in [0.5, 0.6) is 0 Å². The first-order chi connectivity index (χ1) is 22.6. The molecule has 0 bridgehead atoms. The molecule has 0 saturated carbocycles. The molecule has 0 amide bonds. The monoisotopic (exact) mass is 623 g/mol. The highest BCUT2D eigenvalue weighted by Crippen LogP contribution is 2.54. The fourth-order valence-corrected chi connectivity index (χ4v) is 10.3. The zero-order chi connectivity index (χ0) is 30.6. The van der Waals surface area contributed by atoms with Gasteiger partial charge in [0, 0.05) is 57.8 Å². The fourth-order valence-electron chi connectivity index (χ4n) is 7.88. The number of rotatable bonds is 4. The minimum absolute atomic E-state index is 0.0546. The summed E-state index contributed by atoms with van der Waals surface area (Å²) in [6.07, 6.45) is 0. The third-order valence-corrected chi connectivity index (χ3v) is 12.3. The van der Waals surface area contributed by atoms with Crippen molar-refractivity contribution in [2.24, 2.45) is 0 Å². The molecule has 0 atom stereocenters. The third-order valence-electron chi connectivity index (χ3n) is 10.0. The quantitative estimate of drug-likeness (QED) is 0.192. The molecule has 0 unspecified atom stereocenters. The molecule has 1 aromatic heterocycles. The smallest absolute Gasteiger partial charge is 0.0465 e. The maximum Gasteiger partial charge on any atom is 0.0465 e. The summed E-state index contributed by atoms with van der Waals surface area (Å²) in [5, 5.41) is 5.59. The van der Waals surface area contributed by atoms with E-state index in [0.29, 0.717) is 0 Å². The molecule has 1 nitrogen and oxygen atoms in total. The van der Waals surface area contributed by atoms with Crippen molar-refractivity contribution >= 4 is 71.1 Å². The van der Waals surface area contributed by atoms with Gasteiger partial charge in [0.05, 0.1) is 0 Å². The van der Waals surface area contributed by atoms with Crippen LogP contribution in [0, 0.1) is 0 Å². The van der Waals surface area contributed by atoms with Gasteiger partial charge >= 0.3 is 0 Å². The molecule has 0 N–H and O–H groups in total. The molecule has 0 radical (unpaired) electrons. The van der Waals surface area contributed by atoms with Gasteiger partial charge in [0.2, 0.25) is 0 Å². The molecule has 3 heteroatoms. The number of hydrogen-bond acceptors (Lipinski definition) is 3. The van der Waals surface area contributed by atoms with Gasteiger partial charge < -0.3 is 4.90 Å². The van der Waals surface area contributed by atoms with Crippen LogP contribution < -0.4 is 4.90 Å². The second-order valence-corrected chi connectivity index (χ2v) is 15.1. The van der Waals surface area contributed by atoms with Gasteiger partial charge in [-0.2, -0.15) is 0 Å². The van der Waals surface area contributed by atoms with E-state index in [0.717, 1.165) is 11.4 Å². The molecule has 8 aromatic rings. The van der Waals surface area contributed by atoms with E-state index in [1.807, 2.05) is 23.1 Å². The molecule has 7 aromatic carbocycles. The summed E-state index contributed by atoms with van der Waals surface area (Å²) in [7, 11) is 0. The van der Waals surface area contributed by atoms with E-state index >= 15 is 0 Å². The van der Waals surface area contributed by atoms with E-state index in [1.54, 1.807) is 0 Å². The van der Waals surface area contributed by atoms with Crippen LogP contribution >= 0.6 is 23.1 Å². The number of thiophene rings is 1. The lowest BCUT2D eigenvalue weighted by Crippen LogP contribution is -2.16. The van der Waals surface area contributed by atoms with Crippen LogP contribution in [-0.2, 0) is 5.41 Å². The SMILES string of the molecule is CC1(C)c2ccccc2-c2ccc(N(c3ccccc3)c3ccc(-c4cc5sc6cccc7c6c5c5c(cccc45)S7)cc3)cc21. The number of fused-ring (bicyclic) bond motifs is 3. The Morgan fingerprint density at radius 1 is 0.478 bits per heavy atom. The van der Waals surface area contributed by atoms with Crippen molar-refractivity contribution in [3.8, 4) is 22.3 Å². The summed E-state index contributed by atoms with van der Waals surface area (Å²) in [5.74, 6) is 0. The lowest BCUT2D eigenvalue weighted by atomic mass is 9.82. The van der Waals surface area contributed by atoms with E-state index in [9.17, 15) is 0 Å². The van der Waals surface area contributed by atoms with Gasteiger partial charge in [-0.3, -0.25) is 0 Å². The zero-order valence-electron chi connectivity index (χ0n) is 25.5. The van der Waals surface area contributed by atoms with E-state index in [1.165, 1.54) is 79.8 Å². The van der Waals surface area contributed by atoms with Gasteiger partial charge in [-0.1, -0.05) is 104 Å². The highest BCUT2D eigenvalue weighted by Gasteiger charge is 2.35. The van der Waals surface area contributed by atoms with Crippen molar-refractivity contribution < 1.29 is 0 Å². The summed E-state index contributed by atoms with van der Waals surface area (Å²) in [6.45, 7) is 4.70. The van der Waals surface area contributed by atoms with Crippen molar-refractivity contribution in [1.82, 2.24) is 0 Å². The van der Waals surface area contributed by atoms with E-state index in [-0.39, 0.29) is 5.41 Å². The first kappa shape index (κ1) is 26.4. The maximum absolute atomic E-state index is 2.43. The van der Waals surface area contributed by atoms with Crippen molar-refractivity contribution in [3.63, 3.8) is 0 Å². The van der Waals surface area contributed by atoms with Gasteiger partial charge in [-0.15, -0.1) is 11.3 Å². The van der Waals surface area contributed by atoms with Gasteiger partial charge in [-0.05, 0) is 99.4 Å². The van der Waals surface area contributed by atoms with Crippen LogP contribution in [0.4, 0.5) is 17.1 Å². The lowest BCUT2D eigenvalue weighted by Gasteiger charge is -2.28. The van der Waals surface area contributed by atoms with Crippen LogP contribution in [0.3, 0.4) is 0 Å². The first-order valence-electron chi connectivity index (χ1n) is 15.9. The van der Waals surface area contributed by atoms with Gasteiger partial charge in [0.25, 0.3) is 0 Å². The normalized spacial score (nSPS) is 14.0.